The second kappa shape index (κ2) is 9.07. The fourth-order valence-corrected chi connectivity index (χ4v) is 4.35. The molecule has 0 N–H and O–H groups in total. The van der Waals surface area contributed by atoms with E-state index in [-0.39, 0.29) is 11.2 Å². The number of halogens is 1. The quantitative estimate of drug-likeness (QED) is 0.409. The number of hydrogen-bond acceptors (Lipinski definition) is 4. The van der Waals surface area contributed by atoms with Crippen LogP contribution in [0.25, 0.3) is 0 Å². The van der Waals surface area contributed by atoms with Gasteiger partial charge in [-0.3, -0.25) is 9.69 Å². The molecule has 4 nitrogen and oxygen atoms in total. The highest BCUT2D eigenvalue weighted by Crippen LogP contribution is 2.33. The van der Waals surface area contributed by atoms with Crippen molar-refractivity contribution in [1.82, 2.24) is 0 Å². The molecule has 1 fully saturated rings. The van der Waals surface area contributed by atoms with E-state index in [0.717, 1.165) is 16.8 Å². The first-order valence-corrected chi connectivity index (χ1v) is 10.4. The summed E-state index contributed by atoms with van der Waals surface area (Å²) in [5, 5.41) is 9.48. The number of hydrogen-bond donors (Lipinski definition) is 0. The van der Waals surface area contributed by atoms with E-state index >= 15 is 0 Å². The minimum atomic E-state index is -0.244. The Labute approximate surface area is 178 Å². The standard InChI is InChI=1S/C23H18ClN3OS/c24-20-14-8-7-11-18(20)16-25-26-23-27(19-12-5-2-6-13-19)22(28)21(29-23)15-17-9-3-1-4-10-17/h1-14,16,21H,15H2/b25-16+,26-23+. The van der Waals surface area contributed by atoms with E-state index < -0.39 is 0 Å². The number of thioether (sulfide) groups is 1. The summed E-state index contributed by atoms with van der Waals surface area (Å²) in [5.41, 5.74) is 2.68. The summed E-state index contributed by atoms with van der Waals surface area (Å²) in [6, 6.07) is 27.0. The van der Waals surface area contributed by atoms with Crippen LogP contribution in [0.3, 0.4) is 0 Å². The highest BCUT2D eigenvalue weighted by atomic mass is 35.5. The molecule has 3 aromatic carbocycles. The molecule has 1 aliphatic rings. The molecule has 0 bridgehead atoms. The molecule has 29 heavy (non-hydrogen) atoms. The smallest absolute Gasteiger partial charge is 0.247 e. The van der Waals surface area contributed by atoms with Crippen LogP contribution in [0.1, 0.15) is 11.1 Å². The highest BCUT2D eigenvalue weighted by molar-refractivity contribution is 8.16. The van der Waals surface area contributed by atoms with Gasteiger partial charge in [0.2, 0.25) is 5.91 Å². The maximum atomic E-state index is 13.2. The van der Waals surface area contributed by atoms with Gasteiger partial charge in [-0.2, -0.15) is 5.10 Å². The Morgan fingerprint density at radius 3 is 2.31 bits per heavy atom. The molecule has 4 rings (SSSR count). The molecule has 0 spiro atoms. The molecule has 1 unspecified atom stereocenters. The van der Waals surface area contributed by atoms with Crippen molar-refractivity contribution in [2.45, 2.75) is 11.7 Å². The van der Waals surface area contributed by atoms with Gasteiger partial charge in [-0.05, 0) is 30.2 Å². The highest BCUT2D eigenvalue weighted by Gasteiger charge is 2.39. The molecule has 144 valence electrons. The van der Waals surface area contributed by atoms with Crippen molar-refractivity contribution in [1.29, 1.82) is 0 Å². The fraction of sp³-hybridized carbons (Fsp3) is 0.0870. The average molecular weight is 420 g/mol. The SMILES string of the molecule is O=C1C(Cc2ccccc2)S/C(=N/N=C/c2ccccc2Cl)N1c1ccccc1. The monoisotopic (exact) mass is 419 g/mol. The van der Waals surface area contributed by atoms with Crippen LogP contribution in [-0.2, 0) is 11.2 Å². The molecule has 6 heteroatoms. The van der Waals surface area contributed by atoms with Crippen molar-refractivity contribution in [2.24, 2.45) is 10.2 Å². The molecule has 0 aromatic heterocycles. The number of carbonyl (C=O) groups is 1. The topological polar surface area (TPSA) is 45.0 Å². The molecule has 3 aromatic rings. The number of amidine groups is 1. The molecular formula is C23H18ClN3OS. The third-order valence-electron chi connectivity index (χ3n) is 4.46. The first-order chi connectivity index (χ1) is 14.2. The predicted molar refractivity (Wildman–Crippen MR) is 122 cm³/mol. The normalized spacial score (nSPS) is 18.1. The van der Waals surface area contributed by atoms with Crippen molar-refractivity contribution in [3.8, 4) is 0 Å². The van der Waals surface area contributed by atoms with Crippen molar-refractivity contribution in [3.05, 3.63) is 101 Å². The first-order valence-electron chi connectivity index (χ1n) is 9.17. The second-order valence-electron chi connectivity index (χ2n) is 6.45. The Bertz CT molecular complexity index is 1050. The Morgan fingerprint density at radius 2 is 1.59 bits per heavy atom. The summed E-state index contributed by atoms with van der Waals surface area (Å²) in [7, 11) is 0. The third-order valence-corrected chi connectivity index (χ3v) is 5.93. The molecule has 1 amide bonds. The molecule has 0 radical (unpaired) electrons. The number of nitrogens with zero attached hydrogens (tertiary/aromatic N) is 3. The van der Waals surface area contributed by atoms with Gasteiger partial charge in [0.15, 0.2) is 5.17 Å². The number of anilines is 1. The van der Waals surface area contributed by atoms with Crippen LogP contribution >= 0.6 is 23.4 Å². The summed E-state index contributed by atoms with van der Waals surface area (Å²) in [6.07, 6.45) is 2.25. The molecule has 1 saturated heterocycles. The Hall–Kier alpha value is -2.89. The van der Waals surface area contributed by atoms with E-state index in [4.69, 9.17) is 11.6 Å². The average Bonchev–Trinajstić information content (AvgIpc) is 3.06. The van der Waals surface area contributed by atoms with Crippen molar-refractivity contribution in [3.63, 3.8) is 0 Å². The Balaban J connectivity index is 1.62. The van der Waals surface area contributed by atoms with Crippen LogP contribution in [-0.4, -0.2) is 22.5 Å². The number of carbonyl (C=O) groups excluding carboxylic acids is 1. The minimum Gasteiger partial charge on any atom is -0.273 e. The fourth-order valence-electron chi connectivity index (χ4n) is 3.03. The maximum absolute atomic E-state index is 13.2. The zero-order valence-corrected chi connectivity index (χ0v) is 17.1. The Kier molecular flexibility index (Phi) is 6.08. The van der Waals surface area contributed by atoms with Gasteiger partial charge in [0, 0.05) is 10.6 Å². The molecule has 1 aliphatic heterocycles. The van der Waals surface area contributed by atoms with Gasteiger partial charge in [-0.15, -0.1) is 5.10 Å². The second-order valence-corrected chi connectivity index (χ2v) is 8.03. The molecular weight excluding hydrogens is 402 g/mol. The molecule has 1 heterocycles. The van der Waals surface area contributed by atoms with Gasteiger partial charge < -0.3 is 0 Å². The third kappa shape index (κ3) is 4.58. The zero-order chi connectivity index (χ0) is 20.1. The van der Waals surface area contributed by atoms with Crippen LogP contribution in [0.15, 0.2) is 95.1 Å². The summed E-state index contributed by atoms with van der Waals surface area (Å²) >= 11 is 7.61. The Morgan fingerprint density at radius 1 is 0.931 bits per heavy atom. The van der Waals surface area contributed by atoms with Crippen LogP contribution < -0.4 is 4.90 Å². The molecule has 1 atom stereocenters. The van der Waals surface area contributed by atoms with Crippen LogP contribution in [0.4, 0.5) is 5.69 Å². The molecule has 0 aliphatic carbocycles. The van der Waals surface area contributed by atoms with Gasteiger partial charge in [0.25, 0.3) is 0 Å². The lowest BCUT2D eigenvalue weighted by Gasteiger charge is -2.15. The van der Waals surface area contributed by atoms with Gasteiger partial charge in [0.1, 0.15) is 0 Å². The van der Waals surface area contributed by atoms with Gasteiger partial charge >= 0.3 is 0 Å². The first kappa shape index (κ1) is 19.4. The van der Waals surface area contributed by atoms with Gasteiger partial charge in [-0.25, -0.2) is 0 Å². The summed E-state index contributed by atoms with van der Waals surface area (Å²) in [5.74, 6) is 0.0109. The number of benzene rings is 3. The lowest BCUT2D eigenvalue weighted by molar-refractivity contribution is -0.116. The lowest BCUT2D eigenvalue weighted by Crippen LogP contribution is -2.32. The number of para-hydroxylation sites is 1. The van der Waals surface area contributed by atoms with Crippen LogP contribution in [0.5, 0.6) is 0 Å². The molecule has 0 saturated carbocycles. The van der Waals surface area contributed by atoms with Crippen LogP contribution in [0, 0.1) is 0 Å². The van der Waals surface area contributed by atoms with E-state index in [9.17, 15) is 4.79 Å². The summed E-state index contributed by atoms with van der Waals surface area (Å²) in [6.45, 7) is 0. The van der Waals surface area contributed by atoms with Crippen molar-refractivity contribution in [2.75, 3.05) is 4.90 Å². The van der Waals surface area contributed by atoms with Gasteiger partial charge in [-0.1, -0.05) is 90.1 Å². The number of rotatable bonds is 5. The lowest BCUT2D eigenvalue weighted by atomic mass is 10.1. The van der Waals surface area contributed by atoms with E-state index in [1.165, 1.54) is 11.8 Å². The predicted octanol–water partition coefficient (Wildman–Crippen LogP) is 5.42. The van der Waals surface area contributed by atoms with Crippen molar-refractivity contribution >= 4 is 46.3 Å². The van der Waals surface area contributed by atoms with Crippen molar-refractivity contribution < 1.29 is 4.79 Å². The number of amides is 1. The summed E-state index contributed by atoms with van der Waals surface area (Å²) in [4.78, 5) is 14.8. The van der Waals surface area contributed by atoms with Gasteiger partial charge in [0.05, 0.1) is 17.2 Å². The largest absolute Gasteiger partial charge is 0.273 e. The van der Waals surface area contributed by atoms with E-state index in [1.807, 2.05) is 78.9 Å². The zero-order valence-electron chi connectivity index (χ0n) is 15.5. The van der Waals surface area contributed by atoms with E-state index in [0.29, 0.717) is 16.6 Å². The maximum Gasteiger partial charge on any atom is 0.247 e. The van der Waals surface area contributed by atoms with E-state index in [2.05, 4.69) is 10.2 Å². The minimum absolute atomic E-state index is 0.0109. The summed E-state index contributed by atoms with van der Waals surface area (Å²) < 4.78 is 0. The van der Waals surface area contributed by atoms with E-state index in [1.54, 1.807) is 17.2 Å². The van der Waals surface area contributed by atoms with Crippen LogP contribution in [0.2, 0.25) is 5.02 Å².